The molecule has 106 valence electrons. The molecule has 2 unspecified atom stereocenters. The Bertz CT molecular complexity index is 763. The van der Waals surface area contributed by atoms with Crippen molar-refractivity contribution in [2.45, 2.75) is 26.3 Å². The highest BCUT2D eigenvalue weighted by Gasteiger charge is 2.27. The van der Waals surface area contributed by atoms with Gasteiger partial charge in [0.1, 0.15) is 6.04 Å². The van der Waals surface area contributed by atoms with Gasteiger partial charge in [-0.05, 0) is 30.3 Å². The molecule has 2 atom stereocenters. The Morgan fingerprint density at radius 3 is 2.70 bits per heavy atom. The van der Waals surface area contributed by atoms with E-state index in [0.717, 1.165) is 0 Å². The fraction of sp³-hybridized carbons (Fsp3) is 0.357. The molecule has 0 radical (unpaired) electrons. The number of nitrogens with one attached hydrogen (secondary N) is 1. The van der Waals surface area contributed by atoms with Gasteiger partial charge >= 0.3 is 5.97 Å². The van der Waals surface area contributed by atoms with Crippen LogP contribution in [0.1, 0.15) is 26.3 Å². The average Bonchev–Trinajstić information content (AvgIpc) is 2.42. The Labute approximate surface area is 120 Å². The molecular formula is C14H16N2O3S. The van der Waals surface area contributed by atoms with Gasteiger partial charge < -0.3 is 10.1 Å². The molecule has 0 amide bonds. The maximum Gasteiger partial charge on any atom is 0.327 e. The van der Waals surface area contributed by atoms with E-state index in [1.54, 1.807) is 31.2 Å². The van der Waals surface area contributed by atoms with Gasteiger partial charge in [0.15, 0.2) is 4.77 Å². The minimum atomic E-state index is -1.05. The van der Waals surface area contributed by atoms with Gasteiger partial charge in [-0.25, -0.2) is 4.79 Å². The number of nitrogens with zero attached hydrogens (tertiary/aromatic N) is 1. The SMILES string of the molecule is CCC(C)C(C(=O)O)n1c(=S)[nH]c2ccccc2c1=O. The number of carbonyl (C=O) groups is 1. The molecule has 0 saturated heterocycles. The molecule has 0 saturated carbocycles. The van der Waals surface area contributed by atoms with E-state index in [-0.39, 0.29) is 16.2 Å². The highest BCUT2D eigenvalue weighted by molar-refractivity contribution is 7.71. The molecule has 1 heterocycles. The molecule has 0 bridgehead atoms. The average molecular weight is 292 g/mol. The summed E-state index contributed by atoms with van der Waals surface area (Å²) in [6, 6.07) is 5.98. The molecule has 1 aromatic carbocycles. The second kappa shape index (κ2) is 5.58. The first-order chi connectivity index (χ1) is 9.47. The van der Waals surface area contributed by atoms with Crippen LogP contribution in [0.5, 0.6) is 0 Å². The quantitative estimate of drug-likeness (QED) is 0.850. The summed E-state index contributed by atoms with van der Waals surface area (Å²) < 4.78 is 1.31. The van der Waals surface area contributed by atoms with Gasteiger partial charge in [0.05, 0.1) is 10.9 Å². The van der Waals surface area contributed by atoms with E-state index in [4.69, 9.17) is 12.2 Å². The number of rotatable bonds is 4. The van der Waals surface area contributed by atoms with Gasteiger partial charge in [0.2, 0.25) is 0 Å². The number of aromatic amines is 1. The second-order valence-corrected chi connectivity index (χ2v) is 5.21. The van der Waals surface area contributed by atoms with Crippen molar-refractivity contribution in [1.82, 2.24) is 9.55 Å². The smallest absolute Gasteiger partial charge is 0.327 e. The summed E-state index contributed by atoms with van der Waals surface area (Å²) in [5, 5.41) is 9.87. The zero-order chi connectivity index (χ0) is 14.9. The van der Waals surface area contributed by atoms with Crippen molar-refractivity contribution < 1.29 is 9.90 Å². The van der Waals surface area contributed by atoms with E-state index in [1.807, 2.05) is 6.92 Å². The number of para-hydroxylation sites is 1. The fourth-order valence-electron chi connectivity index (χ4n) is 2.26. The molecule has 20 heavy (non-hydrogen) atoms. The Morgan fingerprint density at radius 2 is 2.10 bits per heavy atom. The molecule has 0 aliphatic carbocycles. The molecule has 6 heteroatoms. The summed E-state index contributed by atoms with van der Waals surface area (Å²) in [6.45, 7) is 3.69. The Morgan fingerprint density at radius 1 is 1.45 bits per heavy atom. The lowest BCUT2D eigenvalue weighted by molar-refractivity contribution is -0.142. The predicted octanol–water partition coefficient (Wildman–Crippen LogP) is 2.73. The first-order valence-electron chi connectivity index (χ1n) is 6.43. The molecule has 0 fully saturated rings. The van der Waals surface area contributed by atoms with Crippen molar-refractivity contribution in [3.8, 4) is 0 Å². The topological polar surface area (TPSA) is 75.1 Å². The van der Waals surface area contributed by atoms with Crippen molar-refractivity contribution in [2.24, 2.45) is 5.92 Å². The van der Waals surface area contributed by atoms with Crippen molar-refractivity contribution in [2.75, 3.05) is 0 Å². The van der Waals surface area contributed by atoms with Crippen LogP contribution in [0.2, 0.25) is 0 Å². The van der Waals surface area contributed by atoms with Crippen LogP contribution in [-0.2, 0) is 4.79 Å². The van der Waals surface area contributed by atoms with Crippen LogP contribution >= 0.6 is 12.2 Å². The van der Waals surface area contributed by atoms with Crippen molar-refractivity contribution >= 4 is 29.1 Å². The van der Waals surface area contributed by atoms with E-state index in [2.05, 4.69) is 4.98 Å². The second-order valence-electron chi connectivity index (χ2n) is 4.82. The van der Waals surface area contributed by atoms with E-state index in [0.29, 0.717) is 17.3 Å². The highest BCUT2D eigenvalue weighted by Crippen LogP contribution is 2.21. The number of carboxylic acids is 1. The molecule has 2 N–H and O–H groups in total. The molecular weight excluding hydrogens is 276 g/mol. The zero-order valence-electron chi connectivity index (χ0n) is 11.3. The summed E-state index contributed by atoms with van der Waals surface area (Å²) >= 11 is 5.17. The predicted molar refractivity (Wildman–Crippen MR) is 79.5 cm³/mol. The largest absolute Gasteiger partial charge is 0.480 e. The minimum absolute atomic E-state index is 0.140. The van der Waals surface area contributed by atoms with Gasteiger partial charge in [0.25, 0.3) is 5.56 Å². The number of H-pyrrole nitrogens is 1. The summed E-state index contributed by atoms with van der Waals surface area (Å²) in [5.41, 5.74) is 0.254. The summed E-state index contributed by atoms with van der Waals surface area (Å²) in [7, 11) is 0. The van der Waals surface area contributed by atoms with E-state index in [9.17, 15) is 14.7 Å². The highest BCUT2D eigenvalue weighted by atomic mass is 32.1. The van der Waals surface area contributed by atoms with Gasteiger partial charge in [-0.3, -0.25) is 9.36 Å². The third-order valence-corrected chi connectivity index (χ3v) is 3.85. The van der Waals surface area contributed by atoms with E-state index >= 15 is 0 Å². The van der Waals surface area contributed by atoms with Crippen LogP contribution in [-0.4, -0.2) is 20.6 Å². The minimum Gasteiger partial charge on any atom is -0.480 e. The number of hydrogen-bond acceptors (Lipinski definition) is 3. The summed E-state index contributed by atoms with van der Waals surface area (Å²) in [6.07, 6.45) is 0.644. The Hall–Kier alpha value is -1.95. The van der Waals surface area contributed by atoms with Crippen molar-refractivity contribution in [3.63, 3.8) is 0 Å². The van der Waals surface area contributed by atoms with Crippen LogP contribution in [0.3, 0.4) is 0 Å². The number of hydrogen-bond donors (Lipinski definition) is 2. The number of benzene rings is 1. The van der Waals surface area contributed by atoms with E-state index in [1.165, 1.54) is 4.57 Å². The lowest BCUT2D eigenvalue weighted by atomic mass is 9.99. The van der Waals surface area contributed by atoms with Crippen LogP contribution in [0.25, 0.3) is 10.9 Å². The molecule has 2 rings (SSSR count). The number of aliphatic carboxylic acids is 1. The van der Waals surface area contributed by atoms with Crippen LogP contribution in [0, 0.1) is 10.7 Å². The summed E-state index contributed by atoms with van der Waals surface area (Å²) in [5.74, 6) is -1.24. The normalized spacial score (nSPS) is 14.1. The van der Waals surface area contributed by atoms with Gasteiger partial charge in [-0.1, -0.05) is 32.4 Å². The lowest BCUT2D eigenvalue weighted by Gasteiger charge is -2.21. The van der Waals surface area contributed by atoms with Gasteiger partial charge in [-0.15, -0.1) is 0 Å². The third-order valence-electron chi connectivity index (χ3n) is 3.55. The van der Waals surface area contributed by atoms with Gasteiger partial charge in [-0.2, -0.15) is 0 Å². The van der Waals surface area contributed by atoms with E-state index < -0.39 is 12.0 Å². The van der Waals surface area contributed by atoms with Crippen LogP contribution in [0.15, 0.2) is 29.1 Å². The first-order valence-corrected chi connectivity index (χ1v) is 6.84. The molecule has 1 aromatic heterocycles. The molecule has 5 nitrogen and oxygen atoms in total. The van der Waals surface area contributed by atoms with Crippen molar-refractivity contribution in [3.05, 3.63) is 39.4 Å². The van der Waals surface area contributed by atoms with Crippen LogP contribution in [0.4, 0.5) is 0 Å². The standard InChI is InChI=1S/C14H16N2O3S/c1-3-8(2)11(13(18)19)16-12(17)9-6-4-5-7-10(9)15-14(16)20/h4-8,11H,3H2,1-2H3,(H,15,20)(H,18,19). The third kappa shape index (κ3) is 2.38. The molecule has 0 spiro atoms. The van der Waals surface area contributed by atoms with Crippen LogP contribution < -0.4 is 5.56 Å². The number of aromatic nitrogens is 2. The number of fused-ring (bicyclic) bond motifs is 1. The number of carboxylic acid groups (broad SMARTS) is 1. The van der Waals surface area contributed by atoms with Gasteiger partial charge in [0, 0.05) is 0 Å². The Kier molecular flexibility index (Phi) is 4.04. The fourth-order valence-corrected chi connectivity index (χ4v) is 2.57. The first kappa shape index (κ1) is 14.5. The van der Waals surface area contributed by atoms with Crippen molar-refractivity contribution in [1.29, 1.82) is 0 Å². The molecule has 2 aromatic rings. The lowest BCUT2D eigenvalue weighted by Crippen LogP contribution is -2.35. The summed E-state index contributed by atoms with van der Waals surface area (Å²) in [4.78, 5) is 27.0. The monoisotopic (exact) mass is 292 g/mol. The molecule has 0 aliphatic rings. The maximum atomic E-state index is 12.5. The Balaban J connectivity index is 2.79. The maximum absolute atomic E-state index is 12.5. The molecule has 0 aliphatic heterocycles. The zero-order valence-corrected chi connectivity index (χ0v) is 12.1.